The molecule has 2 aliphatic heterocycles. The van der Waals surface area contributed by atoms with Gasteiger partial charge < -0.3 is 14.1 Å². The number of likely N-dealkylation sites (N-methyl/N-ethyl adjacent to an activating group) is 1. The van der Waals surface area contributed by atoms with Crippen LogP contribution in [0.25, 0.3) is 11.3 Å². The fourth-order valence-electron chi connectivity index (χ4n) is 3.52. The Labute approximate surface area is 145 Å². The maximum Gasteiger partial charge on any atom is 0.410 e. The van der Waals surface area contributed by atoms with Crippen molar-refractivity contribution in [1.29, 1.82) is 0 Å². The van der Waals surface area contributed by atoms with Crippen molar-refractivity contribution in [3.8, 4) is 11.3 Å². The Hall–Kier alpha value is -1.98. The van der Waals surface area contributed by atoms with Gasteiger partial charge in [-0.2, -0.15) is 0 Å². The van der Waals surface area contributed by atoms with Crippen LogP contribution in [0.2, 0.25) is 5.02 Å². The highest BCUT2D eigenvalue weighted by atomic mass is 35.5. The first-order valence-electron chi connectivity index (χ1n) is 8.04. The monoisotopic (exact) mass is 346 g/mol. The largest absolute Gasteiger partial charge is 0.460 e. The number of hydrogen-bond acceptors (Lipinski definition) is 4. The fraction of sp³-hybridized carbons (Fsp3) is 0.389. The summed E-state index contributed by atoms with van der Waals surface area (Å²) in [4.78, 5) is 15.6. The van der Waals surface area contributed by atoms with Crippen molar-refractivity contribution in [3.63, 3.8) is 0 Å². The molecule has 24 heavy (non-hydrogen) atoms. The van der Waals surface area contributed by atoms with Gasteiger partial charge in [-0.25, -0.2) is 4.79 Å². The number of hydrogen-bond donors (Lipinski definition) is 0. The first-order valence-corrected chi connectivity index (χ1v) is 8.42. The van der Waals surface area contributed by atoms with Gasteiger partial charge in [0.15, 0.2) is 0 Å². The van der Waals surface area contributed by atoms with Crippen molar-refractivity contribution in [1.82, 2.24) is 9.80 Å². The average molecular weight is 347 g/mol. The molecule has 1 unspecified atom stereocenters. The summed E-state index contributed by atoms with van der Waals surface area (Å²) in [7, 11) is 1.78. The number of ether oxygens (including phenoxy) is 1. The summed E-state index contributed by atoms with van der Waals surface area (Å²) in [5, 5.41) is 0.712. The molecule has 1 aromatic carbocycles. The van der Waals surface area contributed by atoms with Crippen LogP contribution in [-0.4, -0.2) is 48.2 Å². The van der Waals surface area contributed by atoms with Gasteiger partial charge in [0.25, 0.3) is 0 Å². The third-order valence-electron chi connectivity index (χ3n) is 4.71. The smallest absolute Gasteiger partial charge is 0.410 e. The second-order valence-corrected chi connectivity index (χ2v) is 7.08. The van der Waals surface area contributed by atoms with Gasteiger partial charge >= 0.3 is 6.09 Å². The molecular weight excluding hydrogens is 328 g/mol. The minimum atomic E-state index is -0.350. The second kappa shape index (κ2) is 5.83. The first-order chi connectivity index (χ1) is 11.5. The molecule has 0 saturated carbocycles. The predicted octanol–water partition coefficient (Wildman–Crippen LogP) is 3.63. The van der Waals surface area contributed by atoms with Crippen molar-refractivity contribution in [3.05, 3.63) is 47.2 Å². The van der Waals surface area contributed by atoms with Gasteiger partial charge in [-0.3, -0.25) is 4.90 Å². The van der Waals surface area contributed by atoms with E-state index in [4.69, 9.17) is 20.8 Å². The first kappa shape index (κ1) is 15.5. The van der Waals surface area contributed by atoms with E-state index in [1.807, 2.05) is 36.4 Å². The molecule has 2 saturated heterocycles. The normalized spacial score (nSPS) is 24.1. The number of likely N-dealkylation sites (tertiary alicyclic amines) is 1. The number of carbonyl (C=O) groups excluding carboxylic acids is 1. The molecule has 1 atom stereocenters. The third-order valence-corrected chi connectivity index (χ3v) is 4.96. The molecule has 0 aliphatic carbocycles. The zero-order chi connectivity index (χ0) is 16.7. The van der Waals surface area contributed by atoms with Crippen LogP contribution in [0.4, 0.5) is 4.79 Å². The number of rotatable bonds is 3. The topological polar surface area (TPSA) is 45.9 Å². The molecule has 4 rings (SSSR count). The van der Waals surface area contributed by atoms with Gasteiger partial charge in [0.1, 0.15) is 17.1 Å². The molecule has 1 amide bonds. The molecule has 6 heteroatoms. The molecule has 126 valence electrons. The number of benzene rings is 1. The number of amides is 1. The highest BCUT2D eigenvalue weighted by molar-refractivity contribution is 6.30. The Bertz CT molecular complexity index is 758. The van der Waals surface area contributed by atoms with E-state index in [0.717, 1.165) is 43.1 Å². The number of nitrogens with zero attached hydrogens (tertiary/aromatic N) is 2. The van der Waals surface area contributed by atoms with Crippen molar-refractivity contribution in [2.45, 2.75) is 18.6 Å². The molecule has 2 fully saturated rings. The Morgan fingerprint density at radius 2 is 1.96 bits per heavy atom. The maximum absolute atomic E-state index is 11.6. The van der Waals surface area contributed by atoms with Crippen LogP contribution in [0.15, 0.2) is 40.8 Å². The quantitative estimate of drug-likeness (QED) is 0.851. The van der Waals surface area contributed by atoms with Crippen LogP contribution >= 0.6 is 11.6 Å². The van der Waals surface area contributed by atoms with Crippen LogP contribution in [0.1, 0.15) is 12.2 Å². The van der Waals surface area contributed by atoms with Gasteiger partial charge in [0.2, 0.25) is 0 Å². The Balaban J connectivity index is 1.42. The van der Waals surface area contributed by atoms with Crippen LogP contribution in [0.5, 0.6) is 0 Å². The molecule has 1 aromatic heterocycles. The molecule has 0 N–H and O–H groups in total. The summed E-state index contributed by atoms with van der Waals surface area (Å²) in [5.41, 5.74) is 0.659. The summed E-state index contributed by atoms with van der Waals surface area (Å²) in [5.74, 6) is 1.75. The molecule has 0 radical (unpaired) electrons. The lowest BCUT2D eigenvalue weighted by Gasteiger charge is -2.21. The minimum Gasteiger partial charge on any atom is -0.460 e. The van der Waals surface area contributed by atoms with E-state index in [2.05, 4.69) is 4.90 Å². The van der Waals surface area contributed by atoms with E-state index in [1.165, 1.54) is 0 Å². The van der Waals surface area contributed by atoms with Crippen molar-refractivity contribution >= 4 is 17.7 Å². The van der Waals surface area contributed by atoms with Gasteiger partial charge in [-0.15, -0.1) is 0 Å². The van der Waals surface area contributed by atoms with Crippen LogP contribution in [0.3, 0.4) is 0 Å². The number of carbonyl (C=O) groups is 1. The Morgan fingerprint density at radius 1 is 1.17 bits per heavy atom. The van der Waals surface area contributed by atoms with Crippen LogP contribution < -0.4 is 0 Å². The van der Waals surface area contributed by atoms with Gasteiger partial charge in [0, 0.05) is 37.1 Å². The van der Waals surface area contributed by atoms with Crippen molar-refractivity contribution in [2.75, 3.05) is 26.7 Å². The lowest BCUT2D eigenvalue weighted by Crippen LogP contribution is -2.36. The lowest BCUT2D eigenvalue weighted by atomic mass is 10.0. The second-order valence-electron chi connectivity index (χ2n) is 6.64. The zero-order valence-electron chi connectivity index (χ0n) is 13.5. The van der Waals surface area contributed by atoms with Crippen molar-refractivity contribution < 1.29 is 13.9 Å². The average Bonchev–Trinajstić information content (AvgIpc) is 3.22. The van der Waals surface area contributed by atoms with E-state index in [1.54, 1.807) is 11.9 Å². The van der Waals surface area contributed by atoms with Crippen molar-refractivity contribution in [2.24, 2.45) is 0 Å². The molecule has 5 nitrogen and oxygen atoms in total. The zero-order valence-corrected chi connectivity index (χ0v) is 14.3. The Morgan fingerprint density at radius 3 is 2.67 bits per heavy atom. The van der Waals surface area contributed by atoms with E-state index in [9.17, 15) is 4.79 Å². The molecule has 2 aromatic rings. The molecule has 0 bridgehead atoms. The summed E-state index contributed by atoms with van der Waals surface area (Å²) in [6, 6.07) is 11.6. The van der Waals surface area contributed by atoms with Crippen LogP contribution in [0, 0.1) is 0 Å². The van der Waals surface area contributed by atoms with E-state index in [0.29, 0.717) is 11.6 Å². The van der Waals surface area contributed by atoms with Crippen LogP contribution in [-0.2, 0) is 11.3 Å². The lowest BCUT2D eigenvalue weighted by molar-refractivity contribution is 0.0621. The Kier molecular flexibility index (Phi) is 3.77. The van der Waals surface area contributed by atoms with E-state index < -0.39 is 0 Å². The predicted molar refractivity (Wildman–Crippen MR) is 90.9 cm³/mol. The van der Waals surface area contributed by atoms with Gasteiger partial charge in [0.05, 0.1) is 13.1 Å². The third kappa shape index (κ3) is 2.89. The fourth-order valence-corrected chi connectivity index (χ4v) is 3.65. The molecule has 3 heterocycles. The SMILES string of the molecule is CN1CC2(CCN(Cc3ccc(-c4ccc(Cl)cc4)o3)C2)OC1=O. The molecular formula is C18H19ClN2O3. The maximum atomic E-state index is 11.6. The van der Waals surface area contributed by atoms with E-state index >= 15 is 0 Å². The number of halogens is 1. The summed E-state index contributed by atoms with van der Waals surface area (Å²) >= 11 is 5.92. The minimum absolute atomic E-state index is 0.222. The number of furan rings is 1. The summed E-state index contributed by atoms with van der Waals surface area (Å²) in [6.07, 6.45) is 0.647. The van der Waals surface area contributed by atoms with Gasteiger partial charge in [-0.05, 0) is 36.4 Å². The summed E-state index contributed by atoms with van der Waals surface area (Å²) < 4.78 is 11.5. The molecule has 2 aliphatic rings. The van der Waals surface area contributed by atoms with Gasteiger partial charge in [-0.1, -0.05) is 11.6 Å². The van der Waals surface area contributed by atoms with E-state index in [-0.39, 0.29) is 11.7 Å². The highest BCUT2D eigenvalue weighted by Gasteiger charge is 2.48. The standard InChI is InChI=1S/C18H19ClN2O3/c1-20-11-18(24-17(20)22)8-9-21(12-18)10-15-6-7-16(23-15)13-2-4-14(19)5-3-13/h2-7H,8-12H2,1H3. The summed E-state index contributed by atoms with van der Waals surface area (Å²) in [6.45, 7) is 3.03. The highest BCUT2D eigenvalue weighted by Crippen LogP contribution is 2.33. The molecule has 1 spiro atoms.